The Morgan fingerprint density at radius 1 is 1.00 bits per heavy atom. The van der Waals surface area contributed by atoms with Gasteiger partial charge in [-0.05, 0) is 29.8 Å². The standard InChI is InChI=1S/C15H13Cl3N2O2/c16-11-5-6-14(13(18)7-11)22-9-20-15(21)19-8-10-3-1-2-4-12(10)17/h1-7H,8-9H2,(H2,19,20,21). The third-order valence-electron chi connectivity index (χ3n) is 2.75. The van der Waals surface area contributed by atoms with Gasteiger partial charge in [-0.1, -0.05) is 53.0 Å². The van der Waals surface area contributed by atoms with Crippen LogP contribution in [0, 0.1) is 0 Å². The first-order chi connectivity index (χ1) is 10.6. The monoisotopic (exact) mass is 358 g/mol. The number of hydrogen-bond donors (Lipinski definition) is 2. The van der Waals surface area contributed by atoms with Crippen molar-refractivity contribution in [3.63, 3.8) is 0 Å². The number of hydrogen-bond acceptors (Lipinski definition) is 2. The van der Waals surface area contributed by atoms with Crippen LogP contribution in [0.1, 0.15) is 5.56 Å². The predicted octanol–water partition coefficient (Wildman–Crippen LogP) is 4.48. The zero-order valence-electron chi connectivity index (χ0n) is 11.4. The summed E-state index contributed by atoms with van der Waals surface area (Å²) in [7, 11) is 0. The normalized spacial score (nSPS) is 10.1. The average molecular weight is 360 g/mol. The molecule has 2 rings (SSSR count). The van der Waals surface area contributed by atoms with Gasteiger partial charge in [0.25, 0.3) is 0 Å². The van der Waals surface area contributed by atoms with Gasteiger partial charge in [0.2, 0.25) is 0 Å². The third-order valence-corrected chi connectivity index (χ3v) is 3.65. The molecule has 0 radical (unpaired) electrons. The van der Waals surface area contributed by atoms with E-state index in [0.29, 0.717) is 27.4 Å². The van der Waals surface area contributed by atoms with E-state index >= 15 is 0 Å². The molecular weight excluding hydrogens is 347 g/mol. The van der Waals surface area contributed by atoms with Crippen LogP contribution < -0.4 is 15.4 Å². The Kier molecular flexibility index (Phi) is 6.19. The summed E-state index contributed by atoms with van der Waals surface area (Å²) >= 11 is 17.7. The molecule has 4 nitrogen and oxygen atoms in total. The summed E-state index contributed by atoms with van der Waals surface area (Å²) < 4.78 is 5.35. The molecule has 0 fully saturated rings. The van der Waals surface area contributed by atoms with E-state index in [9.17, 15) is 4.79 Å². The molecule has 0 heterocycles. The van der Waals surface area contributed by atoms with Crippen LogP contribution in [0.25, 0.3) is 0 Å². The highest BCUT2D eigenvalue weighted by Crippen LogP contribution is 2.27. The van der Waals surface area contributed by atoms with E-state index in [0.717, 1.165) is 5.56 Å². The van der Waals surface area contributed by atoms with E-state index in [1.54, 1.807) is 24.3 Å². The van der Waals surface area contributed by atoms with Gasteiger partial charge in [0.1, 0.15) is 5.75 Å². The van der Waals surface area contributed by atoms with Crippen LogP contribution in [0.15, 0.2) is 42.5 Å². The summed E-state index contributed by atoms with van der Waals surface area (Å²) in [6, 6.07) is 11.8. The van der Waals surface area contributed by atoms with Gasteiger partial charge in [0.05, 0.1) is 5.02 Å². The summed E-state index contributed by atoms with van der Waals surface area (Å²) in [6.07, 6.45) is 0. The van der Waals surface area contributed by atoms with Crippen molar-refractivity contribution in [1.29, 1.82) is 0 Å². The van der Waals surface area contributed by atoms with Crippen molar-refractivity contribution in [1.82, 2.24) is 10.6 Å². The molecule has 0 saturated heterocycles. The molecule has 0 aliphatic heterocycles. The van der Waals surface area contributed by atoms with E-state index in [2.05, 4.69) is 10.6 Å². The second-order valence-electron chi connectivity index (χ2n) is 4.31. The minimum Gasteiger partial charge on any atom is -0.472 e. The van der Waals surface area contributed by atoms with Crippen LogP contribution in [0.4, 0.5) is 4.79 Å². The van der Waals surface area contributed by atoms with Crippen molar-refractivity contribution in [3.05, 3.63) is 63.1 Å². The first kappa shape index (κ1) is 16.7. The minimum atomic E-state index is -0.370. The lowest BCUT2D eigenvalue weighted by molar-refractivity contribution is 0.223. The molecule has 116 valence electrons. The largest absolute Gasteiger partial charge is 0.472 e. The van der Waals surface area contributed by atoms with Crippen LogP contribution in [0.3, 0.4) is 0 Å². The lowest BCUT2D eigenvalue weighted by Crippen LogP contribution is -2.37. The van der Waals surface area contributed by atoms with Crippen molar-refractivity contribution >= 4 is 40.8 Å². The molecule has 2 aromatic rings. The van der Waals surface area contributed by atoms with Crippen LogP contribution in [0.2, 0.25) is 15.1 Å². The molecular formula is C15H13Cl3N2O2. The van der Waals surface area contributed by atoms with Gasteiger partial charge in [-0.2, -0.15) is 0 Å². The van der Waals surface area contributed by atoms with Crippen LogP contribution in [-0.4, -0.2) is 12.8 Å². The Morgan fingerprint density at radius 2 is 1.77 bits per heavy atom. The molecule has 0 saturated carbocycles. The van der Waals surface area contributed by atoms with E-state index in [1.165, 1.54) is 0 Å². The highest BCUT2D eigenvalue weighted by atomic mass is 35.5. The van der Waals surface area contributed by atoms with Crippen LogP contribution in [0.5, 0.6) is 5.75 Å². The molecule has 7 heteroatoms. The molecule has 2 N–H and O–H groups in total. The van der Waals surface area contributed by atoms with E-state index in [-0.39, 0.29) is 12.8 Å². The first-order valence-electron chi connectivity index (χ1n) is 6.39. The highest BCUT2D eigenvalue weighted by molar-refractivity contribution is 6.35. The predicted molar refractivity (Wildman–Crippen MR) is 88.8 cm³/mol. The van der Waals surface area contributed by atoms with Gasteiger partial charge >= 0.3 is 6.03 Å². The number of halogens is 3. The fourth-order valence-electron chi connectivity index (χ4n) is 1.65. The molecule has 22 heavy (non-hydrogen) atoms. The quantitative estimate of drug-likeness (QED) is 0.773. The molecule has 0 unspecified atom stereocenters. The number of nitrogens with one attached hydrogen (secondary N) is 2. The summed E-state index contributed by atoms with van der Waals surface area (Å²) in [5, 5.41) is 6.74. The number of carbonyl (C=O) groups excluding carboxylic acids is 1. The Balaban J connectivity index is 1.75. The van der Waals surface area contributed by atoms with Crippen molar-refractivity contribution in [2.45, 2.75) is 6.54 Å². The van der Waals surface area contributed by atoms with Crippen molar-refractivity contribution in [2.75, 3.05) is 6.73 Å². The molecule has 0 aliphatic rings. The SMILES string of the molecule is O=C(NCOc1ccc(Cl)cc1Cl)NCc1ccccc1Cl. The molecule has 2 amide bonds. The maximum absolute atomic E-state index is 11.7. The smallest absolute Gasteiger partial charge is 0.317 e. The average Bonchev–Trinajstić information content (AvgIpc) is 2.49. The van der Waals surface area contributed by atoms with E-state index < -0.39 is 0 Å². The van der Waals surface area contributed by atoms with Crippen LogP contribution >= 0.6 is 34.8 Å². The molecule has 0 bridgehead atoms. The van der Waals surface area contributed by atoms with Crippen molar-refractivity contribution in [2.24, 2.45) is 0 Å². The Morgan fingerprint density at radius 3 is 2.50 bits per heavy atom. The van der Waals surface area contributed by atoms with Gasteiger partial charge in [0, 0.05) is 16.6 Å². The molecule has 2 aromatic carbocycles. The molecule has 0 spiro atoms. The van der Waals surface area contributed by atoms with Gasteiger partial charge < -0.3 is 15.4 Å². The number of benzene rings is 2. The van der Waals surface area contributed by atoms with Crippen molar-refractivity contribution < 1.29 is 9.53 Å². The zero-order valence-corrected chi connectivity index (χ0v) is 13.7. The van der Waals surface area contributed by atoms with Gasteiger partial charge in [-0.25, -0.2) is 4.79 Å². The Bertz CT molecular complexity index is 665. The topological polar surface area (TPSA) is 50.4 Å². The minimum absolute atomic E-state index is 0.0181. The molecule has 0 aromatic heterocycles. The summed E-state index contributed by atoms with van der Waals surface area (Å²) in [4.78, 5) is 11.7. The lowest BCUT2D eigenvalue weighted by atomic mass is 10.2. The van der Waals surface area contributed by atoms with E-state index in [4.69, 9.17) is 39.5 Å². The maximum atomic E-state index is 11.7. The third kappa shape index (κ3) is 4.98. The summed E-state index contributed by atoms with van der Waals surface area (Å²) in [6.45, 7) is 0.308. The zero-order chi connectivity index (χ0) is 15.9. The highest BCUT2D eigenvalue weighted by Gasteiger charge is 2.05. The fraction of sp³-hybridized carbons (Fsp3) is 0.133. The number of amides is 2. The summed E-state index contributed by atoms with van der Waals surface area (Å²) in [5.41, 5.74) is 0.834. The van der Waals surface area contributed by atoms with Gasteiger partial charge in [0.15, 0.2) is 6.73 Å². The fourth-order valence-corrected chi connectivity index (χ4v) is 2.32. The van der Waals surface area contributed by atoms with Crippen molar-refractivity contribution in [3.8, 4) is 5.75 Å². The molecule has 0 aliphatic carbocycles. The second-order valence-corrected chi connectivity index (χ2v) is 5.57. The Labute approximate surface area is 143 Å². The van der Waals surface area contributed by atoms with E-state index in [1.807, 2.05) is 18.2 Å². The lowest BCUT2D eigenvalue weighted by Gasteiger charge is -2.11. The second kappa shape index (κ2) is 8.13. The summed E-state index contributed by atoms with van der Waals surface area (Å²) in [5.74, 6) is 0.442. The number of rotatable bonds is 5. The van der Waals surface area contributed by atoms with Crippen LogP contribution in [-0.2, 0) is 6.54 Å². The number of ether oxygens (including phenoxy) is 1. The van der Waals surface area contributed by atoms with Gasteiger partial charge in [-0.3, -0.25) is 0 Å². The Hall–Kier alpha value is -1.62. The first-order valence-corrected chi connectivity index (χ1v) is 7.52. The number of carbonyl (C=O) groups is 1. The maximum Gasteiger partial charge on any atom is 0.317 e. The number of urea groups is 1. The molecule has 0 atom stereocenters. The van der Waals surface area contributed by atoms with Gasteiger partial charge in [-0.15, -0.1) is 0 Å².